The van der Waals surface area contributed by atoms with Gasteiger partial charge in [-0.25, -0.2) is 4.79 Å². The summed E-state index contributed by atoms with van der Waals surface area (Å²) in [5.41, 5.74) is 5.43. The monoisotopic (exact) mass is 429 g/mol. The molecule has 3 heterocycles. The molecule has 7 heteroatoms. The van der Waals surface area contributed by atoms with E-state index >= 15 is 0 Å². The number of oxazole rings is 1. The first-order valence-corrected chi connectivity index (χ1v) is 10.5. The summed E-state index contributed by atoms with van der Waals surface area (Å²) in [4.78, 5) is 17.5. The van der Waals surface area contributed by atoms with Crippen molar-refractivity contribution in [2.24, 2.45) is 0 Å². The van der Waals surface area contributed by atoms with Gasteiger partial charge in [0.15, 0.2) is 5.58 Å². The number of aromatic nitrogens is 3. The molecule has 5 rings (SSSR count). The Labute approximate surface area is 184 Å². The second-order valence-corrected chi connectivity index (χ2v) is 7.81. The first-order valence-electron chi connectivity index (χ1n) is 10.5. The predicted octanol–water partition coefficient (Wildman–Crippen LogP) is 5.42. The Morgan fingerprint density at radius 2 is 1.94 bits per heavy atom. The number of aryl methyl sites for hydroxylation is 2. The van der Waals surface area contributed by atoms with Gasteiger partial charge < -0.3 is 13.7 Å². The van der Waals surface area contributed by atoms with Crippen molar-refractivity contribution in [1.82, 2.24) is 14.7 Å². The van der Waals surface area contributed by atoms with Gasteiger partial charge in [0.1, 0.15) is 17.0 Å². The van der Waals surface area contributed by atoms with E-state index in [9.17, 15) is 4.79 Å². The fourth-order valence-electron chi connectivity index (χ4n) is 4.50. The molecule has 0 radical (unpaired) electrons. The lowest BCUT2D eigenvalue weighted by atomic mass is 10.00. The fraction of sp³-hybridized carbons (Fsp3) is 0.240. The predicted molar refractivity (Wildman–Crippen MR) is 122 cm³/mol. The van der Waals surface area contributed by atoms with Crippen LogP contribution in [-0.4, -0.2) is 21.8 Å². The van der Waals surface area contributed by atoms with E-state index in [0.717, 1.165) is 39.7 Å². The van der Waals surface area contributed by atoms with E-state index in [-0.39, 0.29) is 6.04 Å². The molecule has 32 heavy (non-hydrogen) atoms. The molecular weight excluding hydrogens is 406 g/mol. The molecule has 0 saturated heterocycles. The standard InChI is InChI=1S/C25H23N3O4/c1-5-20(16-9-7-6-8-10-16)28-24-17-12-21(30-4)18(23-14(2)27-32-15(23)3)11-19(17)26-13-22(24)31-25(28)29/h6-13,20H,5H2,1-4H3/t20-/m1/s1. The van der Waals surface area contributed by atoms with Crippen LogP contribution < -0.4 is 10.5 Å². The van der Waals surface area contributed by atoms with E-state index in [1.165, 1.54) is 0 Å². The summed E-state index contributed by atoms with van der Waals surface area (Å²) < 4.78 is 18.4. The molecule has 0 aliphatic rings. The highest BCUT2D eigenvalue weighted by Crippen LogP contribution is 2.39. The molecule has 2 aromatic carbocycles. The maximum absolute atomic E-state index is 13.0. The molecule has 0 fully saturated rings. The van der Waals surface area contributed by atoms with Crippen LogP contribution in [0.4, 0.5) is 0 Å². The third-order valence-electron chi connectivity index (χ3n) is 5.95. The minimum atomic E-state index is -0.404. The third kappa shape index (κ3) is 3.00. The molecule has 0 unspecified atom stereocenters. The number of benzene rings is 2. The number of fused-ring (bicyclic) bond motifs is 3. The smallest absolute Gasteiger partial charge is 0.420 e. The average molecular weight is 429 g/mol. The molecule has 1 atom stereocenters. The highest BCUT2D eigenvalue weighted by molar-refractivity contribution is 6.04. The zero-order valence-corrected chi connectivity index (χ0v) is 18.4. The summed E-state index contributed by atoms with van der Waals surface area (Å²) in [5.74, 6) is 0.949. The average Bonchev–Trinajstić information content (AvgIpc) is 3.32. The minimum absolute atomic E-state index is 0.163. The number of hydrogen-bond acceptors (Lipinski definition) is 6. The van der Waals surface area contributed by atoms with Gasteiger partial charge in [-0.3, -0.25) is 9.55 Å². The van der Waals surface area contributed by atoms with Crippen molar-refractivity contribution in [1.29, 1.82) is 0 Å². The number of pyridine rings is 1. The van der Waals surface area contributed by atoms with Crippen molar-refractivity contribution in [3.8, 4) is 16.9 Å². The Balaban J connectivity index is 1.83. The van der Waals surface area contributed by atoms with E-state index in [1.807, 2.05) is 56.3 Å². The van der Waals surface area contributed by atoms with Gasteiger partial charge in [0.05, 0.1) is 36.1 Å². The maximum Gasteiger partial charge on any atom is 0.420 e. The van der Waals surface area contributed by atoms with Gasteiger partial charge in [-0.2, -0.15) is 0 Å². The van der Waals surface area contributed by atoms with Crippen LogP contribution in [0.3, 0.4) is 0 Å². The van der Waals surface area contributed by atoms with E-state index < -0.39 is 5.76 Å². The Morgan fingerprint density at radius 1 is 1.16 bits per heavy atom. The first-order chi connectivity index (χ1) is 15.5. The van der Waals surface area contributed by atoms with Gasteiger partial charge in [0.25, 0.3) is 0 Å². The molecule has 0 amide bonds. The zero-order valence-electron chi connectivity index (χ0n) is 18.4. The van der Waals surface area contributed by atoms with Crippen molar-refractivity contribution in [3.05, 3.63) is 76.2 Å². The van der Waals surface area contributed by atoms with Gasteiger partial charge in [-0.15, -0.1) is 0 Å². The summed E-state index contributed by atoms with van der Waals surface area (Å²) in [5, 5.41) is 4.86. The van der Waals surface area contributed by atoms with Gasteiger partial charge in [0.2, 0.25) is 0 Å². The second-order valence-electron chi connectivity index (χ2n) is 7.81. The quantitative estimate of drug-likeness (QED) is 0.371. The molecule has 0 aliphatic heterocycles. The number of ether oxygens (including phenoxy) is 1. The zero-order chi connectivity index (χ0) is 22.4. The summed E-state index contributed by atoms with van der Waals surface area (Å²) >= 11 is 0. The van der Waals surface area contributed by atoms with Crippen LogP contribution in [0.15, 0.2) is 62.4 Å². The van der Waals surface area contributed by atoms with Crippen LogP contribution >= 0.6 is 0 Å². The first kappa shape index (κ1) is 20.1. The molecule has 7 nitrogen and oxygen atoms in total. The van der Waals surface area contributed by atoms with Crippen LogP contribution in [0, 0.1) is 13.8 Å². The molecule has 3 aromatic heterocycles. The highest BCUT2D eigenvalue weighted by atomic mass is 16.5. The summed E-state index contributed by atoms with van der Waals surface area (Å²) in [6.07, 6.45) is 2.34. The molecule has 162 valence electrons. The maximum atomic E-state index is 13.0. The van der Waals surface area contributed by atoms with Gasteiger partial charge in [0, 0.05) is 10.9 Å². The van der Waals surface area contributed by atoms with Crippen molar-refractivity contribution in [2.45, 2.75) is 33.2 Å². The van der Waals surface area contributed by atoms with Crippen LogP contribution in [0.1, 0.15) is 36.4 Å². The topological polar surface area (TPSA) is 83.3 Å². The lowest BCUT2D eigenvalue weighted by molar-refractivity contribution is 0.393. The van der Waals surface area contributed by atoms with Crippen molar-refractivity contribution >= 4 is 22.0 Å². The lowest BCUT2D eigenvalue weighted by Crippen LogP contribution is -2.21. The Kier molecular flexibility index (Phi) is 4.81. The van der Waals surface area contributed by atoms with Crippen LogP contribution in [0.5, 0.6) is 5.75 Å². The number of methoxy groups -OCH3 is 1. The summed E-state index contributed by atoms with van der Waals surface area (Å²) in [7, 11) is 1.62. The number of hydrogen-bond donors (Lipinski definition) is 0. The molecule has 0 bridgehead atoms. The van der Waals surface area contributed by atoms with Crippen molar-refractivity contribution < 1.29 is 13.7 Å². The van der Waals surface area contributed by atoms with E-state index in [0.29, 0.717) is 22.6 Å². The minimum Gasteiger partial charge on any atom is -0.496 e. The lowest BCUT2D eigenvalue weighted by Gasteiger charge is -2.17. The SMILES string of the molecule is CC[C@H](c1ccccc1)n1c(=O)oc2cnc3cc(-c4c(C)noc4C)c(OC)cc3c21. The molecular formula is C25H23N3O4. The van der Waals surface area contributed by atoms with Gasteiger partial charge in [-0.05, 0) is 38.0 Å². The molecule has 0 N–H and O–H groups in total. The summed E-state index contributed by atoms with van der Waals surface area (Å²) in [6.45, 7) is 5.82. The van der Waals surface area contributed by atoms with E-state index in [2.05, 4.69) is 17.1 Å². The Bertz CT molecular complexity index is 1480. The second kappa shape index (κ2) is 7.67. The van der Waals surface area contributed by atoms with Crippen molar-refractivity contribution in [2.75, 3.05) is 7.11 Å². The molecule has 0 spiro atoms. The van der Waals surface area contributed by atoms with Crippen LogP contribution in [0.2, 0.25) is 0 Å². The third-order valence-corrected chi connectivity index (χ3v) is 5.95. The molecule has 0 saturated carbocycles. The highest BCUT2D eigenvalue weighted by Gasteiger charge is 2.23. The number of rotatable bonds is 5. The summed E-state index contributed by atoms with van der Waals surface area (Å²) in [6, 6.07) is 13.7. The van der Waals surface area contributed by atoms with Crippen molar-refractivity contribution in [3.63, 3.8) is 0 Å². The van der Waals surface area contributed by atoms with Gasteiger partial charge in [-0.1, -0.05) is 42.4 Å². The van der Waals surface area contributed by atoms with E-state index in [1.54, 1.807) is 17.9 Å². The molecule has 5 aromatic rings. The Hall–Kier alpha value is -3.87. The van der Waals surface area contributed by atoms with E-state index in [4.69, 9.17) is 13.7 Å². The molecule has 0 aliphatic carbocycles. The van der Waals surface area contributed by atoms with Gasteiger partial charge >= 0.3 is 5.76 Å². The fourth-order valence-corrected chi connectivity index (χ4v) is 4.50. The number of nitrogens with zero attached hydrogens (tertiary/aromatic N) is 3. The van der Waals surface area contributed by atoms with Crippen LogP contribution in [0.25, 0.3) is 33.1 Å². The Morgan fingerprint density at radius 3 is 2.59 bits per heavy atom. The largest absolute Gasteiger partial charge is 0.496 e. The normalized spacial score (nSPS) is 12.5. The van der Waals surface area contributed by atoms with Crippen LogP contribution in [-0.2, 0) is 0 Å².